The van der Waals surface area contributed by atoms with Gasteiger partial charge >= 0.3 is 5.97 Å². The number of carbonyl (C=O) groups is 6. The fraction of sp³-hybridized carbons (Fsp3) is 0.484. The Bertz CT molecular complexity index is 1310. The Kier molecular flexibility index (Phi) is 14.1. The molecule has 0 aromatic heterocycles. The highest BCUT2D eigenvalue weighted by molar-refractivity contribution is 7.98. The van der Waals surface area contributed by atoms with E-state index in [1.54, 1.807) is 20.1 Å². The first kappa shape index (κ1) is 35.3. The molecule has 0 saturated heterocycles. The summed E-state index contributed by atoms with van der Waals surface area (Å²) in [5.74, 6) is -4.05. The second-order valence-corrected chi connectivity index (χ2v) is 11.7. The van der Waals surface area contributed by atoms with E-state index in [1.165, 1.54) is 25.6 Å². The Morgan fingerprint density at radius 2 is 1.49 bits per heavy atom. The van der Waals surface area contributed by atoms with Gasteiger partial charge in [-0.05, 0) is 48.3 Å². The molecule has 0 fully saturated rings. The van der Waals surface area contributed by atoms with Crippen LogP contribution in [0.3, 0.4) is 0 Å². The Labute approximate surface area is 256 Å². The number of aryl methyl sites for hydroxylation is 1. The highest BCUT2D eigenvalue weighted by atomic mass is 32.2. The van der Waals surface area contributed by atoms with Crippen LogP contribution in [0.5, 0.6) is 0 Å². The van der Waals surface area contributed by atoms with E-state index in [0.717, 1.165) is 16.3 Å². The summed E-state index contributed by atoms with van der Waals surface area (Å²) in [6, 6.07) is 9.64. The average molecular weight is 615 g/mol. The number of benzene rings is 2. The van der Waals surface area contributed by atoms with E-state index in [2.05, 4.69) is 21.3 Å². The van der Waals surface area contributed by atoms with Crippen LogP contribution in [0.4, 0.5) is 0 Å². The van der Waals surface area contributed by atoms with Crippen molar-refractivity contribution in [3.05, 3.63) is 48.0 Å². The number of thioether (sulfide) groups is 1. The van der Waals surface area contributed by atoms with E-state index in [1.807, 2.05) is 42.5 Å². The van der Waals surface area contributed by atoms with Gasteiger partial charge < -0.3 is 26.4 Å². The summed E-state index contributed by atoms with van der Waals surface area (Å²) in [5.41, 5.74) is 1.07. The third-order valence-corrected chi connectivity index (χ3v) is 7.53. The Hall–Kier alpha value is -3.93. The number of hydrogen-bond acceptors (Lipinski definition) is 7. The van der Waals surface area contributed by atoms with Crippen molar-refractivity contribution in [2.45, 2.75) is 77.5 Å². The largest absolute Gasteiger partial charge is 0.481 e. The molecule has 0 radical (unpaired) electrons. The molecule has 0 aliphatic rings. The number of nitrogens with one attached hydrogen (secondary N) is 4. The first-order valence-corrected chi connectivity index (χ1v) is 15.6. The van der Waals surface area contributed by atoms with Crippen molar-refractivity contribution in [1.29, 1.82) is 0 Å². The lowest BCUT2D eigenvalue weighted by Crippen LogP contribution is -2.58. The van der Waals surface area contributed by atoms with Crippen LogP contribution in [-0.2, 0) is 35.2 Å². The normalized spacial score (nSPS) is 13.8. The van der Waals surface area contributed by atoms with E-state index < -0.39 is 66.0 Å². The van der Waals surface area contributed by atoms with Crippen LogP contribution in [0.2, 0.25) is 0 Å². The van der Waals surface area contributed by atoms with Crippen molar-refractivity contribution in [2.75, 3.05) is 12.0 Å². The van der Waals surface area contributed by atoms with E-state index in [0.29, 0.717) is 18.6 Å². The molecule has 0 spiro atoms. The molecule has 11 nitrogen and oxygen atoms in total. The van der Waals surface area contributed by atoms with Crippen LogP contribution in [0.15, 0.2) is 42.5 Å². The summed E-state index contributed by atoms with van der Waals surface area (Å²) in [7, 11) is 0. The molecule has 0 unspecified atom stereocenters. The molecule has 234 valence electrons. The van der Waals surface area contributed by atoms with Gasteiger partial charge in [0.2, 0.25) is 23.6 Å². The minimum absolute atomic E-state index is 0.0642. The predicted molar refractivity (Wildman–Crippen MR) is 166 cm³/mol. The maximum absolute atomic E-state index is 13.2. The number of aliphatic carboxylic acids is 1. The van der Waals surface area contributed by atoms with Crippen LogP contribution in [0.1, 0.15) is 52.5 Å². The summed E-state index contributed by atoms with van der Waals surface area (Å²) in [6.07, 6.45) is 2.32. The molecular weight excluding hydrogens is 572 g/mol. The minimum atomic E-state index is -1.27. The summed E-state index contributed by atoms with van der Waals surface area (Å²) < 4.78 is 0. The van der Waals surface area contributed by atoms with Crippen molar-refractivity contribution >= 4 is 57.9 Å². The quantitative estimate of drug-likeness (QED) is 0.181. The summed E-state index contributed by atoms with van der Waals surface area (Å²) in [5, 5.41) is 21.8. The van der Waals surface area contributed by atoms with Gasteiger partial charge in [-0.2, -0.15) is 11.8 Å². The van der Waals surface area contributed by atoms with Gasteiger partial charge in [0.1, 0.15) is 18.1 Å². The molecule has 4 amide bonds. The second-order valence-electron chi connectivity index (χ2n) is 10.8. The van der Waals surface area contributed by atoms with Crippen LogP contribution in [-0.4, -0.2) is 76.7 Å². The highest BCUT2D eigenvalue weighted by Crippen LogP contribution is 2.20. The number of fused-ring (bicyclic) bond motifs is 1. The molecule has 0 bridgehead atoms. The zero-order chi connectivity index (χ0) is 32.1. The lowest BCUT2D eigenvalue weighted by molar-refractivity contribution is -0.141. The number of carboxylic acid groups (broad SMARTS) is 1. The molecule has 43 heavy (non-hydrogen) atoms. The number of hydrogen-bond donors (Lipinski definition) is 5. The number of amides is 4. The molecule has 12 heteroatoms. The molecular formula is C31H42N4O7S. The van der Waals surface area contributed by atoms with Gasteiger partial charge in [-0.3, -0.25) is 28.8 Å². The molecule has 0 heterocycles. The first-order valence-electron chi connectivity index (χ1n) is 14.2. The Balaban J connectivity index is 2.03. The third-order valence-electron chi connectivity index (χ3n) is 6.86. The minimum Gasteiger partial charge on any atom is -0.481 e. The summed E-state index contributed by atoms with van der Waals surface area (Å²) in [6.45, 7) is 6.11. The van der Waals surface area contributed by atoms with Gasteiger partial charge in [-0.1, -0.05) is 56.3 Å². The first-order chi connectivity index (χ1) is 20.3. The van der Waals surface area contributed by atoms with Crippen molar-refractivity contribution < 1.29 is 33.9 Å². The third kappa shape index (κ3) is 11.3. The molecule has 4 atom stereocenters. The second kappa shape index (κ2) is 17.3. The highest BCUT2D eigenvalue weighted by Gasteiger charge is 2.31. The monoisotopic (exact) mass is 614 g/mol. The topological polar surface area (TPSA) is 171 Å². The van der Waals surface area contributed by atoms with Gasteiger partial charge in [-0.25, -0.2) is 0 Å². The van der Waals surface area contributed by atoms with E-state index in [-0.39, 0.29) is 12.3 Å². The zero-order valence-electron chi connectivity index (χ0n) is 25.3. The molecule has 2 aromatic rings. The molecule has 2 aromatic carbocycles. The fourth-order valence-corrected chi connectivity index (χ4v) is 5.17. The standard InChI is InChI=1S/C31H42N4O7S/c1-18(2)28(35-29(40)19(3)32-30(41)25(17-43-5)33-20(4)36)31(42)34-24(16-27(38)39)26(37)15-9-13-22-12-8-11-21-10-6-7-14-23(21)22/h6-8,10-12,14,18-19,24-25,28H,9,13,15-17H2,1-5H3,(H,32,41)(H,33,36)(H,34,42)(H,35,40)(H,38,39)/t19-,24-,25-,28-/m0/s1. The predicted octanol–water partition coefficient (Wildman–Crippen LogP) is 2.20. The maximum atomic E-state index is 13.2. The molecule has 0 aliphatic carbocycles. The lowest BCUT2D eigenvalue weighted by Gasteiger charge is -2.26. The van der Waals surface area contributed by atoms with Crippen LogP contribution in [0.25, 0.3) is 10.8 Å². The van der Waals surface area contributed by atoms with Crippen molar-refractivity contribution in [1.82, 2.24) is 21.3 Å². The van der Waals surface area contributed by atoms with Gasteiger partial charge in [0, 0.05) is 19.1 Å². The summed E-state index contributed by atoms with van der Waals surface area (Å²) in [4.78, 5) is 74.8. The van der Waals surface area contributed by atoms with Crippen LogP contribution in [0, 0.1) is 5.92 Å². The molecule has 0 saturated carbocycles. The lowest BCUT2D eigenvalue weighted by atomic mass is 9.97. The number of ketones is 1. The smallest absolute Gasteiger partial charge is 0.305 e. The number of carboxylic acids is 1. The van der Waals surface area contributed by atoms with E-state index in [9.17, 15) is 33.9 Å². The summed E-state index contributed by atoms with van der Waals surface area (Å²) >= 11 is 1.35. The molecule has 5 N–H and O–H groups in total. The molecule has 2 rings (SSSR count). The SMILES string of the molecule is CSC[C@H](NC(C)=O)C(=O)N[C@@H](C)C(=O)N[C@H](C(=O)N[C@@H](CC(=O)O)C(=O)CCCc1cccc2ccccc12)C(C)C. The Morgan fingerprint density at radius 3 is 2.12 bits per heavy atom. The van der Waals surface area contributed by atoms with Crippen LogP contribution < -0.4 is 21.3 Å². The van der Waals surface area contributed by atoms with Gasteiger partial charge in [0.15, 0.2) is 5.78 Å². The van der Waals surface area contributed by atoms with Gasteiger partial charge in [0.25, 0.3) is 0 Å². The maximum Gasteiger partial charge on any atom is 0.305 e. The van der Waals surface area contributed by atoms with Gasteiger partial charge in [0.05, 0.1) is 12.5 Å². The van der Waals surface area contributed by atoms with Crippen molar-refractivity contribution in [3.8, 4) is 0 Å². The molecule has 0 aliphatic heterocycles. The number of Topliss-reactive ketones (excluding diaryl/α,β-unsaturated/α-hetero) is 1. The zero-order valence-corrected chi connectivity index (χ0v) is 26.1. The van der Waals surface area contributed by atoms with E-state index >= 15 is 0 Å². The number of rotatable bonds is 17. The van der Waals surface area contributed by atoms with Crippen molar-refractivity contribution in [3.63, 3.8) is 0 Å². The Morgan fingerprint density at radius 1 is 0.814 bits per heavy atom. The van der Waals surface area contributed by atoms with Crippen LogP contribution >= 0.6 is 11.8 Å². The van der Waals surface area contributed by atoms with Gasteiger partial charge in [-0.15, -0.1) is 0 Å². The average Bonchev–Trinajstić information content (AvgIpc) is 2.94. The fourth-order valence-electron chi connectivity index (χ4n) is 4.61. The van der Waals surface area contributed by atoms with Crippen molar-refractivity contribution in [2.24, 2.45) is 5.92 Å². The number of carbonyl (C=O) groups excluding carboxylic acids is 5. The van der Waals surface area contributed by atoms with E-state index in [4.69, 9.17) is 0 Å².